The van der Waals surface area contributed by atoms with Crippen molar-refractivity contribution in [2.75, 3.05) is 32.8 Å². The molecule has 0 radical (unpaired) electrons. The number of imide groups is 1. The molecule has 0 bridgehead atoms. The zero-order chi connectivity index (χ0) is 20.1. The van der Waals surface area contributed by atoms with E-state index in [1.807, 2.05) is 18.2 Å². The van der Waals surface area contributed by atoms with E-state index in [4.69, 9.17) is 14.2 Å². The summed E-state index contributed by atoms with van der Waals surface area (Å²) in [4.78, 5) is 26.2. The van der Waals surface area contributed by atoms with Gasteiger partial charge in [-0.25, -0.2) is 4.90 Å². The van der Waals surface area contributed by atoms with Crippen molar-refractivity contribution in [2.24, 2.45) is 0 Å². The summed E-state index contributed by atoms with van der Waals surface area (Å²) in [6.07, 6.45) is 0.845. The molecule has 3 rings (SSSR count). The fourth-order valence-electron chi connectivity index (χ4n) is 3.22. The van der Waals surface area contributed by atoms with E-state index in [1.54, 1.807) is 45.6 Å². The first kappa shape index (κ1) is 19.7. The van der Waals surface area contributed by atoms with Crippen LogP contribution in [-0.4, -0.2) is 45.7 Å². The van der Waals surface area contributed by atoms with Crippen molar-refractivity contribution < 1.29 is 23.8 Å². The van der Waals surface area contributed by atoms with Crippen LogP contribution in [0.5, 0.6) is 17.2 Å². The van der Waals surface area contributed by atoms with Crippen LogP contribution in [0.3, 0.4) is 0 Å². The van der Waals surface area contributed by atoms with E-state index in [9.17, 15) is 9.59 Å². The number of benzene rings is 2. The maximum atomic E-state index is 12.7. The Bertz CT molecular complexity index is 850. The van der Waals surface area contributed by atoms with E-state index < -0.39 is 6.04 Å². The molecule has 28 heavy (non-hydrogen) atoms. The number of methoxy groups -OCH3 is 3. The highest BCUT2D eigenvalue weighted by molar-refractivity contribution is 6.22. The second-order valence-corrected chi connectivity index (χ2v) is 6.42. The molecule has 1 N–H and O–H groups in total. The first-order chi connectivity index (χ1) is 13.6. The van der Waals surface area contributed by atoms with Crippen LogP contribution in [0.2, 0.25) is 0 Å². The summed E-state index contributed by atoms with van der Waals surface area (Å²) in [5.74, 6) is 1.57. The molecule has 2 aromatic rings. The van der Waals surface area contributed by atoms with Crippen molar-refractivity contribution in [2.45, 2.75) is 18.9 Å². The van der Waals surface area contributed by atoms with Gasteiger partial charge in [0.25, 0.3) is 5.91 Å². The maximum Gasteiger partial charge on any atom is 0.251 e. The summed E-state index contributed by atoms with van der Waals surface area (Å²) in [6, 6.07) is 12.1. The van der Waals surface area contributed by atoms with Crippen molar-refractivity contribution in [3.05, 3.63) is 48.0 Å². The van der Waals surface area contributed by atoms with Gasteiger partial charge in [-0.3, -0.25) is 9.59 Å². The van der Waals surface area contributed by atoms with Gasteiger partial charge in [0, 0.05) is 0 Å². The fraction of sp³-hybridized carbons (Fsp3) is 0.333. The summed E-state index contributed by atoms with van der Waals surface area (Å²) in [5, 5.41) is 3.19. The lowest BCUT2D eigenvalue weighted by Crippen LogP contribution is -2.39. The molecule has 2 aromatic carbocycles. The molecule has 1 aliphatic heterocycles. The van der Waals surface area contributed by atoms with Gasteiger partial charge in [0.1, 0.15) is 5.75 Å². The first-order valence-corrected chi connectivity index (χ1v) is 9.02. The summed E-state index contributed by atoms with van der Waals surface area (Å²) in [6.45, 7) is 0.565. The van der Waals surface area contributed by atoms with Gasteiger partial charge in [0.2, 0.25) is 5.91 Å². The lowest BCUT2D eigenvalue weighted by molar-refractivity contribution is -0.121. The van der Waals surface area contributed by atoms with Crippen LogP contribution in [0, 0.1) is 0 Å². The molecule has 1 heterocycles. The van der Waals surface area contributed by atoms with Crippen molar-refractivity contribution in [1.82, 2.24) is 5.32 Å². The molecule has 0 spiro atoms. The predicted octanol–water partition coefficient (Wildman–Crippen LogP) is 2.18. The van der Waals surface area contributed by atoms with Gasteiger partial charge in [-0.15, -0.1) is 0 Å². The number of hydrogen-bond donors (Lipinski definition) is 1. The minimum Gasteiger partial charge on any atom is -0.497 e. The molecule has 1 aliphatic rings. The standard InChI is InChI=1S/C21H24N2O5/c1-26-16-7-5-15(6-8-16)23-20(24)13-17(21(23)25)22-11-10-14-4-9-18(27-2)19(12-14)28-3/h4-9,12,17,22H,10-11,13H2,1-3H3/t17-/m0/s1. The monoisotopic (exact) mass is 384 g/mol. The summed E-state index contributed by atoms with van der Waals surface area (Å²) in [5.41, 5.74) is 1.61. The summed E-state index contributed by atoms with van der Waals surface area (Å²) < 4.78 is 15.7. The Hall–Kier alpha value is -3.06. The van der Waals surface area contributed by atoms with Gasteiger partial charge >= 0.3 is 0 Å². The highest BCUT2D eigenvalue weighted by Gasteiger charge is 2.39. The quantitative estimate of drug-likeness (QED) is 0.703. The number of ether oxygens (including phenoxy) is 3. The van der Waals surface area contributed by atoms with Crippen LogP contribution in [0.4, 0.5) is 5.69 Å². The van der Waals surface area contributed by atoms with Crippen LogP contribution in [0.1, 0.15) is 12.0 Å². The molecule has 0 aliphatic carbocycles. The number of rotatable bonds is 8. The molecular formula is C21H24N2O5. The number of carbonyl (C=O) groups excluding carboxylic acids is 2. The Morgan fingerprint density at radius 1 is 0.964 bits per heavy atom. The average Bonchev–Trinajstić information content (AvgIpc) is 3.01. The minimum atomic E-state index is -0.519. The Morgan fingerprint density at radius 2 is 1.68 bits per heavy atom. The molecule has 7 nitrogen and oxygen atoms in total. The Balaban J connectivity index is 1.59. The van der Waals surface area contributed by atoms with Gasteiger partial charge in [-0.2, -0.15) is 0 Å². The number of carbonyl (C=O) groups is 2. The van der Waals surface area contributed by atoms with Gasteiger partial charge in [-0.1, -0.05) is 6.07 Å². The summed E-state index contributed by atoms with van der Waals surface area (Å²) >= 11 is 0. The van der Waals surface area contributed by atoms with E-state index in [1.165, 1.54) is 4.90 Å². The zero-order valence-corrected chi connectivity index (χ0v) is 16.2. The molecule has 148 valence electrons. The van der Waals surface area contributed by atoms with Crippen LogP contribution in [0.15, 0.2) is 42.5 Å². The Kier molecular flexibility index (Phi) is 6.16. The van der Waals surface area contributed by atoms with Crippen LogP contribution in [-0.2, 0) is 16.0 Å². The van der Waals surface area contributed by atoms with Gasteiger partial charge in [0.05, 0.1) is 39.5 Å². The molecule has 1 atom stereocenters. The molecular weight excluding hydrogens is 360 g/mol. The van der Waals surface area contributed by atoms with Crippen LogP contribution in [0.25, 0.3) is 0 Å². The third kappa shape index (κ3) is 4.09. The number of nitrogens with zero attached hydrogens (tertiary/aromatic N) is 1. The van der Waals surface area contributed by atoms with Gasteiger partial charge in [0.15, 0.2) is 11.5 Å². The predicted molar refractivity (Wildman–Crippen MR) is 105 cm³/mol. The number of hydrogen-bond acceptors (Lipinski definition) is 6. The SMILES string of the molecule is COc1ccc(N2C(=O)C[C@H](NCCc3ccc(OC)c(OC)c3)C2=O)cc1. The smallest absolute Gasteiger partial charge is 0.251 e. The zero-order valence-electron chi connectivity index (χ0n) is 16.2. The van der Waals surface area contributed by atoms with E-state index >= 15 is 0 Å². The average molecular weight is 384 g/mol. The maximum absolute atomic E-state index is 12.7. The van der Waals surface area contributed by atoms with E-state index in [2.05, 4.69) is 5.32 Å². The highest BCUT2D eigenvalue weighted by Crippen LogP contribution is 2.28. The molecule has 7 heteroatoms. The van der Waals surface area contributed by atoms with Crippen molar-refractivity contribution in [3.8, 4) is 17.2 Å². The second kappa shape index (κ2) is 8.75. The number of nitrogens with one attached hydrogen (secondary N) is 1. The van der Waals surface area contributed by atoms with Gasteiger partial charge in [-0.05, 0) is 54.9 Å². The first-order valence-electron chi connectivity index (χ1n) is 9.02. The van der Waals surface area contributed by atoms with E-state index in [0.29, 0.717) is 35.9 Å². The van der Waals surface area contributed by atoms with Crippen LogP contribution >= 0.6 is 0 Å². The van der Waals surface area contributed by atoms with E-state index in [-0.39, 0.29) is 18.2 Å². The van der Waals surface area contributed by atoms with Crippen molar-refractivity contribution in [3.63, 3.8) is 0 Å². The molecule has 1 fully saturated rings. The van der Waals surface area contributed by atoms with Crippen LogP contribution < -0.4 is 24.4 Å². The third-order valence-corrected chi connectivity index (χ3v) is 4.73. The molecule has 1 saturated heterocycles. The minimum absolute atomic E-state index is 0.150. The number of anilines is 1. The topological polar surface area (TPSA) is 77.1 Å². The highest BCUT2D eigenvalue weighted by atomic mass is 16.5. The Labute approximate surface area is 164 Å². The van der Waals surface area contributed by atoms with Crippen molar-refractivity contribution in [1.29, 1.82) is 0 Å². The summed E-state index contributed by atoms with van der Waals surface area (Å²) in [7, 11) is 4.76. The third-order valence-electron chi connectivity index (χ3n) is 4.73. The molecule has 2 amide bonds. The molecule has 0 aromatic heterocycles. The van der Waals surface area contributed by atoms with Crippen molar-refractivity contribution >= 4 is 17.5 Å². The molecule has 0 saturated carbocycles. The lowest BCUT2D eigenvalue weighted by atomic mass is 10.1. The van der Waals surface area contributed by atoms with Gasteiger partial charge < -0.3 is 19.5 Å². The normalized spacial score (nSPS) is 16.4. The second-order valence-electron chi connectivity index (χ2n) is 6.42. The largest absolute Gasteiger partial charge is 0.497 e. The number of amides is 2. The molecule has 0 unspecified atom stereocenters. The van der Waals surface area contributed by atoms with E-state index in [0.717, 1.165) is 5.56 Å². The lowest BCUT2D eigenvalue weighted by Gasteiger charge is -2.16. The Morgan fingerprint density at radius 3 is 2.32 bits per heavy atom. The fourth-order valence-corrected chi connectivity index (χ4v) is 3.22.